The van der Waals surface area contributed by atoms with Crippen molar-refractivity contribution in [2.75, 3.05) is 13.1 Å². The summed E-state index contributed by atoms with van der Waals surface area (Å²) in [6, 6.07) is 0.467. The minimum absolute atomic E-state index is 0.364. The van der Waals surface area contributed by atoms with E-state index in [2.05, 4.69) is 32.3 Å². The van der Waals surface area contributed by atoms with Crippen LogP contribution in [-0.4, -0.2) is 34.7 Å². The second-order valence-corrected chi connectivity index (χ2v) is 4.65. The van der Waals surface area contributed by atoms with Crippen LogP contribution in [0.2, 0.25) is 0 Å². The lowest BCUT2D eigenvalue weighted by molar-refractivity contribution is -0.0840. The van der Waals surface area contributed by atoms with Gasteiger partial charge in [0.1, 0.15) is 0 Å². The first-order valence-corrected chi connectivity index (χ1v) is 5.60. The number of hydrogen-bond acceptors (Lipinski definition) is 2. The molecule has 0 amide bonds. The van der Waals surface area contributed by atoms with E-state index in [1.165, 1.54) is 0 Å². The fraction of sp³-hybridized carbons (Fsp3) is 0.833. The fourth-order valence-electron chi connectivity index (χ4n) is 2.46. The number of nitrogens with zero attached hydrogens (tertiary/aromatic N) is 1. The molecule has 0 saturated carbocycles. The summed E-state index contributed by atoms with van der Waals surface area (Å²) in [4.78, 5) is 2.39. The molecule has 1 saturated heterocycles. The number of hydrogen-bond donors (Lipinski definition) is 1. The molecule has 82 valence electrons. The highest BCUT2D eigenvalue weighted by atomic mass is 16.3. The number of piperidine rings is 1. The van der Waals surface area contributed by atoms with Crippen LogP contribution in [-0.2, 0) is 0 Å². The fourth-order valence-corrected chi connectivity index (χ4v) is 2.46. The van der Waals surface area contributed by atoms with Crippen LogP contribution in [0, 0.1) is 5.92 Å². The maximum absolute atomic E-state index is 10.4. The van der Waals surface area contributed by atoms with Gasteiger partial charge in [0.05, 0.1) is 5.60 Å². The molecule has 1 heterocycles. The second-order valence-electron chi connectivity index (χ2n) is 4.65. The van der Waals surface area contributed by atoms with E-state index in [1.54, 1.807) is 0 Å². The minimum atomic E-state index is -0.447. The largest absolute Gasteiger partial charge is 0.390 e. The third-order valence-corrected chi connectivity index (χ3v) is 3.67. The average Bonchev–Trinajstić information content (AvgIpc) is 2.15. The molecule has 0 aromatic heterocycles. The van der Waals surface area contributed by atoms with Crippen LogP contribution in [0.3, 0.4) is 0 Å². The van der Waals surface area contributed by atoms with Crippen LogP contribution in [0.15, 0.2) is 12.7 Å². The Morgan fingerprint density at radius 2 is 2.21 bits per heavy atom. The van der Waals surface area contributed by atoms with Gasteiger partial charge in [-0.25, -0.2) is 0 Å². The molecule has 0 bridgehead atoms. The molecular weight excluding hydrogens is 174 g/mol. The molecule has 0 aliphatic carbocycles. The summed E-state index contributed by atoms with van der Waals surface area (Å²) in [7, 11) is 0. The van der Waals surface area contributed by atoms with Crippen LogP contribution in [0.25, 0.3) is 0 Å². The van der Waals surface area contributed by atoms with Crippen LogP contribution < -0.4 is 0 Å². The quantitative estimate of drug-likeness (QED) is 0.700. The third-order valence-electron chi connectivity index (χ3n) is 3.67. The molecular formula is C12H23NO. The molecule has 1 fully saturated rings. The van der Waals surface area contributed by atoms with Gasteiger partial charge in [0.25, 0.3) is 0 Å². The van der Waals surface area contributed by atoms with Crippen LogP contribution in [0.5, 0.6) is 0 Å². The van der Waals surface area contributed by atoms with Gasteiger partial charge in [-0.15, -0.1) is 6.58 Å². The Balaban J connectivity index is 2.66. The van der Waals surface area contributed by atoms with E-state index >= 15 is 0 Å². The number of likely N-dealkylation sites (tertiary alicyclic amines) is 1. The summed E-state index contributed by atoms with van der Waals surface area (Å²) < 4.78 is 0. The van der Waals surface area contributed by atoms with E-state index in [9.17, 15) is 5.11 Å². The topological polar surface area (TPSA) is 23.5 Å². The van der Waals surface area contributed by atoms with Crippen LogP contribution in [0.4, 0.5) is 0 Å². The van der Waals surface area contributed by atoms with Gasteiger partial charge in [0.2, 0.25) is 0 Å². The SMILES string of the molecule is C=CCN1CC(C)C(O)(CC)CC1C. The lowest BCUT2D eigenvalue weighted by Crippen LogP contribution is -2.54. The summed E-state index contributed by atoms with van der Waals surface area (Å²) in [5, 5.41) is 10.4. The standard InChI is InChI=1S/C12H23NO/c1-5-7-13-9-10(3)12(14,6-2)8-11(13)4/h5,10-11,14H,1,6-9H2,2-4H3. The van der Waals surface area contributed by atoms with Crippen molar-refractivity contribution in [1.29, 1.82) is 0 Å². The first-order valence-electron chi connectivity index (χ1n) is 5.60. The van der Waals surface area contributed by atoms with E-state index in [4.69, 9.17) is 0 Å². The minimum Gasteiger partial charge on any atom is -0.390 e. The van der Waals surface area contributed by atoms with Crippen LogP contribution >= 0.6 is 0 Å². The highest BCUT2D eigenvalue weighted by Crippen LogP contribution is 2.33. The maximum Gasteiger partial charge on any atom is 0.0697 e. The molecule has 3 atom stereocenters. The van der Waals surface area contributed by atoms with Crippen molar-refractivity contribution < 1.29 is 5.11 Å². The monoisotopic (exact) mass is 197 g/mol. The molecule has 14 heavy (non-hydrogen) atoms. The van der Waals surface area contributed by atoms with Gasteiger partial charge < -0.3 is 5.11 Å². The Kier molecular flexibility index (Phi) is 3.73. The zero-order chi connectivity index (χ0) is 10.8. The molecule has 1 rings (SSSR count). The Morgan fingerprint density at radius 3 is 2.71 bits per heavy atom. The molecule has 0 spiro atoms. The maximum atomic E-state index is 10.4. The molecule has 1 aliphatic rings. The van der Waals surface area contributed by atoms with Gasteiger partial charge in [-0.05, 0) is 25.7 Å². The molecule has 3 unspecified atom stereocenters. The van der Waals surface area contributed by atoms with Gasteiger partial charge in [0, 0.05) is 19.1 Å². The van der Waals surface area contributed by atoms with Crippen molar-refractivity contribution >= 4 is 0 Å². The van der Waals surface area contributed by atoms with E-state index in [0.29, 0.717) is 12.0 Å². The molecule has 1 aliphatic heterocycles. The average molecular weight is 197 g/mol. The number of rotatable bonds is 3. The van der Waals surface area contributed by atoms with Gasteiger partial charge in [0.15, 0.2) is 0 Å². The van der Waals surface area contributed by atoms with E-state index in [-0.39, 0.29) is 0 Å². The summed E-state index contributed by atoms with van der Waals surface area (Å²) in [6.07, 6.45) is 3.69. The molecule has 0 aromatic rings. The normalized spacial score (nSPS) is 39.7. The molecule has 0 radical (unpaired) electrons. The summed E-state index contributed by atoms with van der Waals surface area (Å²) in [5.74, 6) is 0.364. The van der Waals surface area contributed by atoms with Crippen molar-refractivity contribution in [3.8, 4) is 0 Å². The van der Waals surface area contributed by atoms with Crippen molar-refractivity contribution in [2.24, 2.45) is 5.92 Å². The Morgan fingerprint density at radius 1 is 1.57 bits per heavy atom. The summed E-state index contributed by atoms with van der Waals surface area (Å²) in [5.41, 5.74) is -0.447. The van der Waals surface area contributed by atoms with Gasteiger partial charge in [-0.3, -0.25) is 4.90 Å². The zero-order valence-electron chi connectivity index (χ0n) is 9.66. The predicted octanol–water partition coefficient (Wildman–Crippen LogP) is 2.04. The summed E-state index contributed by atoms with van der Waals surface area (Å²) >= 11 is 0. The predicted molar refractivity (Wildman–Crippen MR) is 60.3 cm³/mol. The van der Waals surface area contributed by atoms with Gasteiger partial charge in [-0.2, -0.15) is 0 Å². The van der Waals surface area contributed by atoms with Gasteiger partial charge >= 0.3 is 0 Å². The highest BCUT2D eigenvalue weighted by molar-refractivity contribution is 4.95. The smallest absolute Gasteiger partial charge is 0.0697 e. The van der Waals surface area contributed by atoms with Gasteiger partial charge in [-0.1, -0.05) is 19.9 Å². The lowest BCUT2D eigenvalue weighted by Gasteiger charge is -2.46. The van der Waals surface area contributed by atoms with Crippen LogP contribution in [0.1, 0.15) is 33.6 Å². The Hall–Kier alpha value is -0.340. The zero-order valence-corrected chi connectivity index (χ0v) is 9.66. The number of aliphatic hydroxyl groups is 1. The van der Waals surface area contributed by atoms with E-state index in [0.717, 1.165) is 25.9 Å². The van der Waals surface area contributed by atoms with E-state index in [1.807, 2.05) is 6.08 Å². The summed E-state index contributed by atoms with van der Waals surface area (Å²) in [6.45, 7) is 12.1. The van der Waals surface area contributed by atoms with Crippen molar-refractivity contribution in [3.05, 3.63) is 12.7 Å². The van der Waals surface area contributed by atoms with Crippen molar-refractivity contribution in [2.45, 2.75) is 45.3 Å². The van der Waals surface area contributed by atoms with Crippen molar-refractivity contribution in [3.63, 3.8) is 0 Å². The first-order chi connectivity index (χ1) is 6.53. The first kappa shape index (κ1) is 11.7. The second kappa shape index (κ2) is 4.45. The van der Waals surface area contributed by atoms with E-state index < -0.39 is 5.60 Å². The van der Waals surface area contributed by atoms with Crippen molar-refractivity contribution in [1.82, 2.24) is 4.90 Å². The molecule has 0 aromatic carbocycles. The highest BCUT2D eigenvalue weighted by Gasteiger charge is 2.40. The Labute approximate surface area is 87.6 Å². The molecule has 2 nitrogen and oxygen atoms in total. The molecule has 2 heteroatoms. The lowest BCUT2D eigenvalue weighted by atomic mass is 9.77. The Bertz CT molecular complexity index is 204. The third kappa shape index (κ3) is 2.18. The molecule has 1 N–H and O–H groups in total.